The van der Waals surface area contributed by atoms with Gasteiger partial charge in [0.05, 0.1) is 11.7 Å². The van der Waals surface area contributed by atoms with Crippen molar-refractivity contribution in [3.8, 4) is 5.69 Å². The molecular formula is C20H21ClN4O. The van der Waals surface area contributed by atoms with E-state index in [-0.39, 0.29) is 11.9 Å². The quantitative estimate of drug-likeness (QED) is 0.723. The van der Waals surface area contributed by atoms with Crippen molar-refractivity contribution in [3.05, 3.63) is 83.1 Å². The zero-order valence-electron chi connectivity index (χ0n) is 14.8. The average molecular weight is 369 g/mol. The Bertz CT molecular complexity index is 876. The molecule has 0 radical (unpaired) electrons. The summed E-state index contributed by atoms with van der Waals surface area (Å²) in [6.07, 6.45) is 1.78. The van der Waals surface area contributed by atoms with Crippen molar-refractivity contribution in [2.45, 2.75) is 6.04 Å². The summed E-state index contributed by atoms with van der Waals surface area (Å²) in [4.78, 5) is 14.5. The van der Waals surface area contributed by atoms with E-state index in [1.165, 1.54) is 0 Å². The van der Waals surface area contributed by atoms with Gasteiger partial charge in [-0.25, -0.2) is 4.68 Å². The van der Waals surface area contributed by atoms with Gasteiger partial charge in [-0.1, -0.05) is 48.0 Å². The second kappa shape index (κ2) is 8.17. The van der Waals surface area contributed by atoms with Gasteiger partial charge >= 0.3 is 0 Å². The minimum absolute atomic E-state index is 0.0242. The predicted octanol–water partition coefficient (Wildman–Crippen LogP) is 3.56. The fourth-order valence-electron chi connectivity index (χ4n) is 2.77. The lowest BCUT2D eigenvalue weighted by atomic mass is 10.1. The Balaban J connectivity index is 1.70. The highest BCUT2D eigenvalue weighted by Gasteiger charge is 2.19. The Hall–Kier alpha value is -2.63. The molecule has 134 valence electrons. The van der Waals surface area contributed by atoms with Crippen molar-refractivity contribution >= 4 is 17.5 Å². The second-order valence-electron chi connectivity index (χ2n) is 6.19. The molecule has 1 heterocycles. The first kappa shape index (κ1) is 18.2. The van der Waals surface area contributed by atoms with Gasteiger partial charge < -0.3 is 10.2 Å². The monoisotopic (exact) mass is 368 g/mol. The summed E-state index contributed by atoms with van der Waals surface area (Å²) in [5.41, 5.74) is 2.27. The van der Waals surface area contributed by atoms with Crippen LogP contribution in [-0.2, 0) is 0 Å². The van der Waals surface area contributed by atoms with Crippen molar-refractivity contribution in [1.82, 2.24) is 20.0 Å². The first-order valence-corrected chi connectivity index (χ1v) is 8.74. The first-order valence-electron chi connectivity index (χ1n) is 8.36. The van der Waals surface area contributed by atoms with Crippen LogP contribution in [-0.4, -0.2) is 41.2 Å². The van der Waals surface area contributed by atoms with E-state index in [1.54, 1.807) is 16.9 Å². The molecule has 1 N–H and O–H groups in total. The molecule has 3 rings (SSSR count). The van der Waals surface area contributed by atoms with Gasteiger partial charge in [0.25, 0.3) is 5.91 Å². The lowest BCUT2D eigenvalue weighted by Gasteiger charge is -2.25. The van der Waals surface area contributed by atoms with Crippen LogP contribution in [0.15, 0.2) is 66.9 Å². The third kappa shape index (κ3) is 4.12. The van der Waals surface area contributed by atoms with E-state index in [0.29, 0.717) is 17.3 Å². The SMILES string of the molecule is CN(C)C(CNC(=O)c1ccn(-c2ccccc2)n1)c1ccccc1Cl. The number of nitrogens with zero attached hydrogens (tertiary/aromatic N) is 3. The number of para-hydroxylation sites is 1. The maximum Gasteiger partial charge on any atom is 0.271 e. The molecule has 0 fully saturated rings. The zero-order chi connectivity index (χ0) is 18.5. The van der Waals surface area contributed by atoms with Crippen molar-refractivity contribution in [1.29, 1.82) is 0 Å². The minimum Gasteiger partial charge on any atom is -0.349 e. The van der Waals surface area contributed by atoms with Gasteiger partial charge in [0.2, 0.25) is 0 Å². The molecule has 1 amide bonds. The molecular weight excluding hydrogens is 348 g/mol. The van der Waals surface area contributed by atoms with Crippen LogP contribution in [0, 0.1) is 0 Å². The number of likely N-dealkylation sites (N-methyl/N-ethyl adjacent to an activating group) is 1. The van der Waals surface area contributed by atoms with E-state index >= 15 is 0 Å². The largest absolute Gasteiger partial charge is 0.349 e. The molecule has 0 saturated carbocycles. The fourth-order valence-corrected chi connectivity index (χ4v) is 3.03. The molecule has 1 atom stereocenters. The highest BCUT2D eigenvalue weighted by molar-refractivity contribution is 6.31. The predicted molar refractivity (Wildman–Crippen MR) is 104 cm³/mol. The number of amides is 1. The first-order chi connectivity index (χ1) is 12.6. The van der Waals surface area contributed by atoms with Crippen LogP contribution < -0.4 is 5.32 Å². The van der Waals surface area contributed by atoms with Gasteiger partial charge in [-0.05, 0) is 43.9 Å². The highest BCUT2D eigenvalue weighted by Crippen LogP contribution is 2.25. The molecule has 0 aliphatic rings. The van der Waals surface area contributed by atoms with Crippen LogP contribution in [0.25, 0.3) is 5.69 Å². The summed E-state index contributed by atoms with van der Waals surface area (Å²) in [6.45, 7) is 0.438. The molecule has 0 aliphatic carbocycles. The van der Waals surface area contributed by atoms with E-state index in [9.17, 15) is 4.79 Å². The number of rotatable bonds is 6. The van der Waals surface area contributed by atoms with E-state index in [4.69, 9.17) is 11.6 Å². The molecule has 6 heteroatoms. The van der Waals surface area contributed by atoms with Gasteiger partial charge in [0.1, 0.15) is 0 Å². The number of carbonyl (C=O) groups excluding carboxylic acids is 1. The van der Waals surface area contributed by atoms with Gasteiger partial charge in [0.15, 0.2) is 5.69 Å². The summed E-state index contributed by atoms with van der Waals surface area (Å²) in [6, 6.07) is 19.0. The normalized spacial score (nSPS) is 12.2. The maximum absolute atomic E-state index is 12.5. The van der Waals surface area contributed by atoms with E-state index < -0.39 is 0 Å². The van der Waals surface area contributed by atoms with E-state index in [0.717, 1.165) is 11.3 Å². The summed E-state index contributed by atoms with van der Waals surface area (Å²) < 4.78 is 1.69. The Kier molecular flexibility index (Phi) is 5.71. The van der Waals surface area contributed by atoms with Crippen molar-refractivity contribution in [2.75, 3.05) is 20.6 Å². The second-order valence-corrected chi connectivity index (χ2v) is 6.60. The number of hydrogen-bond acceptors (Lipinski definition) is 3. The summed E-state index contributed by atoms with van der Waals surface area (Å²) in [5, 5.41) is 8.00. The standard InChI is InChI=1S/C20H21ClN4O/c1-24(2)19(16-10-6-7-11-17(16)21)14-22-20(26)18-12-13-25(23-18)15-8-4-3-5-9-15/h3-13,19H,14H2,1-2H3,(H,22,26). The van der Waals surface area contributed by atoms with E-state index in [1.807, 2.05) is 73.6 Å². The molecule has 0 bridgehead atoms. The molecule has 3 aromatic rings. The van der Waals surface area contributed by atoms with Crippen molar-refractivity contribution in [2.24, 2.45) is 0 Å². The Morgan fingerprint density at radius 3 is 2.50 bits per heavy atom. The van der Waals surface area contributed by atoms with Crippen molar-refractivity contribution < 1.29 is 4.79 Å². The summed E-state index contributed by atoms with van der Waals surface area (Å²) >= 11 is 6.31. The molecule has 1 unspecified atom stereocenters. The number of benzene rings is 2. The lowest BCUT2D eigenvalue weighted by Crippen LogP contribution is -2.35. The van der Waals surface area contributed by atoms with Crippen LogP contribution in [0.3, 0.4) is 0 Å². The van der Waals surface area contributed by atoms with Crippen LogP contribution in [0.5, 0.6) is 0 Å². The van der Waals surface area contributed by atoms with Crippen LogP contribution >= 0.6 is 11.6 Å². The highest BCUT2D eigenvalue weighted by atomic mass is 35.5. The van der Waals surface area contributed by atoms with Crippen molar-refractivity contribution in [3.63, 3.8) is 0 Å². The number of carbonyl (C=O) groups is 1. The van der Waals surface area contributed by atoms with Crippen LogP contribution in [0.1, 0.15) is 22.1 Å². The zero-order valence-corrected chi connectivity index (χ0v) is 15.5. The minimum atomic E-state index is -0.210. The number of halogens is 1. The summed E-state index contributed by atoms with van der Waals surface area (Å²) in [5.74, 6) is -0.210. The number of hydrogen-bond donors (Lipinski definition) is 1. The topological polar surface area (TPSA) is 50.2 Å². The Labute approximate surface area is 158 Å². The molecule has 0 aliphatic heterocycles. The molecule has 5 nitrogen and oxygen atoms in total. The van der Waals surface area contributed by atoms with Gasteiger partial charge in [-0.15, -0.1) is 0 Å². The third-order valence-corrected chi connectivity index (χ3v) is 4.53. The van der Waals surface area contributed by atoms with Gasteiger partial charge in [-0.3, -0.25) is 4.79 Å². The van der Waals surface area contributed by atoms with Crippen LogP contribution in [0.2, 0.25) is 5.02 Å². The smallest absolute Gasteiger partial charge is 0.271 e. The molecule has 0 spiro atoms. The molecule has 1 aromatic heterocycles. The van der Waals surface area contributed by atoms with E-state index in [2.05, 4.69) is 10.4 Å². The molecule has 26 heavy (non-hydrogen) atoms. The summed E-state index contributed by atoms with van der Waals surface area (Å²) in [7, 11) is 3.93. The Morgan fingerprint density at radius 2 is 1.81 bits per heavy atom. The molecule has 0 saturated heterocycles. The van der Waals surface area contributed by atoms with Crippen LogP contribution in [0.4, 0.5) is 0 Å². The number of nitrogens with one attached hydrogen (secondary N) is 1. The van der Waals surface area contributed by atoms with Gasteiger partial charge in [-0.2, -0.15) is 5.10 Å². The third-order valence-electron chi connectivity index (χ3n) is 4.19. The number of aromatic nitrogens is 2. The average Bonchev–Trinajstić information content (AvgIpc) is 3.14. The Morgan fingerprint density at radius 1 is 1.12 bits per heavy atom. The molecule has 2 aromatic carbocycles. The lowest BCUT2D eigenvalue weighted by molar-refractivity contribution is 0.0936. The fraction of sp³-hybridized carbons (Fsp3) is 0.200. The van der Waals surface area contributed by atoms with Gasteiger partial charge in [0, 0.05) is 17.8 Å². The maximum atomic E-state index is 12.5.